The van der Waals surface area contributed by atoms with Gasteiger partial charge in [-0.25, -0.2) is 4.79 Å². The number of carbonyl (C=O) groups excluding carboxylic acids is 3. The number of nitrogens with one attached hydrogen (secondary N) is 2. The number of nitrogens with zero attached hydrogens (tertiary/aromatic N) is 2. The first kappa shape index (κ1) is 24.9. The number of urea groups is 1. The van der Waals surface area contributed by atoms with Gasteiger partial charge in [0.1, 0.15) is 18.3 Å². The summed E-state index contributed by atoms with van der Waals surface area (Å²) < 4.78 is 5.20. The third-order valence-electron chi connectivity index (χ3n) is 6.31. The molecule has 2 aliphatic heterocycles. The molecule has 9 heteroatoms. The molecule has 0 aromatic heterocycles. The molecule has 8 nitrogen and oxygen atoms in total. The summed E-state index contributed by atoms with van der Waals surface area (Å²) in [5.74, 6) is 0.605. The molecule has 1 atom stereocenters. The van der Waals surface area contributed by atoms with Crippen molar-refractivity contribution in [2.24, 2.45) is 5.41 Å². The number of para-hydroxylation sites is 1. The number of ether oxygens (including phenoxy) is 1. The lowest BCUT2D eigenvalue weighted by Crippen LogP contribution is -2.54. The lowest BCUT2D eigenvalue weighted by molar-refractivity contribution is -0.134. The smallest absolute Gasteiger partial charge is 0.319 e. The number of thioether (sulfide) groups is 1. The highest BCUT2D eigenvalue weighted by molar-refractivity contribution is 7.99. The van der Waals surface area contributed by atoms with Crippen LogP contribution in [0, 0.1) is 5.41 Å². The molecular weight excluding hydrogens is 464 g/mol. The standard InChI is InChI=1S/C26H32N4O4S/c1-26(2)12-7-13-29(17-26)23(31)15-30-21-10-4-5-11-22(21)35-16-20(24(30)32)28-25(33)27-18-8-6-9-19(14-18)34-3/h4-6,8-11,14,20H,7,12-13,15-17H2,1-3H3,(H2,27,28,33). The zero-order chi connectivity index (χ0) is 25.0. The first-order valence-corrected chi connectivity index (χ1v) is 12.8. The Morgan fingerprint density at radius 1 is 1.17 bits per heavy atom. The molecule has 0 saturated carbocycles. The van der Waals surface area contributed by atoms with Gasteiger partial charge >= 0.3 is 6.03 Å². The van der Waals surface area contributed by atoms with Crippen molar-refractivity contribution in [3.8, 4) is 5.75 Å². The average molecular weight is 497 g/mol. The van der Waals surface area contributed by atoms with Gasteiger partial charge in [0, 0.05) is 35.5 Å². The van der Waals surface area contributed by atoms with Gasteiger partial charge in [-0.1, -0.05) is 32.0 Å². The summed E-state index contributed by atoms with van der Waals surface area (Å²) in [5, 5.41) is 5.55. The number of anilines is 2. The molecule has 2 heterocycles. The molecule has 4 rings (SSSR count). The summed E-state index contributed by atoms with van der Waals surface area (Å²) >= 11 is 1.49. The number of piperidine rings is 1. The molecular formula is C26H32N4O4S. The molecule has 1 fully saturated rings. The lowest BCUT2D eigenvalue weighted by atomic mass is 9.84. The topological polar surface area (TPSA) is 91.0 Å². The van der Waals surface area contributed by atoms with Gasteiger partial charge in [-0.15, -0.1) is 11.8 Å². The molecule has 2 N–H and O–H groups in total. The van der Waals surface area contributed by atoms with E-state index in [1.54, 1.807) is 31.4 Å². The van der Waals surface area contributed by atoms with Crippen LogP contribution < -0.4 is 20.3 Å². The fraction of sp³-hybridized carbons (Fsp3) is 0.423. The molecule has 2 aromatic carbocycles. The van der Waals surface area contributed by atoms with Crippen molar-refractivity contribution in [2.45, 2.75) is 37.6 Å². The summed E-state index contributed by atoms with van der Waals surface area (Å²) in [6.45, 7) is 5.65. The van der Waals surface area contributed by atoms with E-state index in [-0.39, 0.29) is 23.8 Å². The molecule has 0 spiro atoms. The Balaban J connectivity index is 1.50. The summed E-state index contributed by atoms with van der Waals surface area (Å²) in [5.41, 5.74) is 1.32. The number of carbonyl (C=O) groups is 3. The van der Waals surface area contributed by atoms with Gasteiger partial charge < -0.3 is 25.2 Å². The maximum Gasteiger partial charge on any atom is 0.319 e. The van der Waals surface area contributed by atoms with Crippen molar-refractivity contribution in [3.05, 3.63) is 48.5 Å². The predicted octanol–water partition coefficient (Wildman–Crippen LogP) is 3.97. The number of fused-ring (bicyclic) bond motifs is 1. The minimum atomic E-state index is -0.788. The molecule has 2 aromatic rings. The van der Waals surface area contributed by atoms with Gasteiger partial charge in [0.2, 0.25) is 5.91 Å². The van der Waals surface area contributed by atoms with Crippen molar-refractivity contribution in [3.63, 3.8) is 0 Å². The fourth-order valence-electron chi connectivity index (χ4n) is 4.52. The van der Waals surface area contributed by atoms with Crippen molar-refractivity contribution in [2.75, 3.05) is 42.7 Å². The molecule has 0 bridgehead atoms. The van der Waals surface area contributed by atoms with Crippen molar-refractivity contribution in [1.82, 2.24) is 10.2 Å². The second-order valence-corrected chi connectivity index (χ2v) is 10.7. The maximum atomic E-state index is 13.6. The monoisotopic (exact) mass is 496 g/mol. The van der Waals surface area contributed by atoms with Crippen molar-refractivity contribution >= 4 is 41.0 Å². The van der Waals surface area contributed by atoms with E-state index in [9.17, 15) is 14.4 Å². The SMILES string of the molecule is COc1cccc(NC(=O)NC2CSc3ccccc3N(CC(=O)N3CCCC(C)(C)C3)C2=O)c1. The van der Waals surface area contributed by atoms with Crippen LogP contribution in [0.25, 0.3) is 0 Å². The summed E-state index contributed by atoms with van der Waals surface area (Å²) in [6, 6.07) is 13.3. The van der Waals surface area contributed by atoms with E-state index in [1.807, 2.05) is 29.2 Å². The predicted molar refractivity (Wildman–Crippen MR) is 138 cm³/mol. The summed E-state index contributed by atoms with van der Waals surface area (Å²) in [7, 11) is 1.55. The third kappa shape index (κ3) is 6.08. The molecule has 4 amide bonds. The number of benzene rings is 2. The van der Waals surface area contributed by atoms with Gasteiger partial charge in [-0.2, -0.15) is 0 Å². The Bertz CT molecular complexity index is 1110. The quantitative estimate of drug-likeness (QED) is 0.654. The van der Waals surface area contributed by atoms with Crippen molar-refractivity contribution < 1.29 is 19.1 Å². The number of hydrogen-bond donors (Lipinski definition) is 2. The summed E-state index contributed by atoms with van der Waals surface area (Å²) in [6.07, 6.45) is 2.03. The van der Waals surface area contributed by atoms with Crippen LogP contribution in [-0.4, -0.2) is 61.3 Å². The van der Waals surface area contributed by atoms with Gasteiger partial charge in [0.25, 0.3) is 5.91 Å². The lowest BCUT2D eigenvalue weighted by Gasteiger charge is -2.39. The highest BCUT2D eigenvalue weighted by Crippen LogP contribution is 2.35. The second-order valence-electron chi connectivity index (χ2n) is 9.67. The van der Waals surface area contributed by atoms with E-state index in [0.29, 0.717) is 36.0 Å². The Morgan fingerprint density at radius 3 is 2.74 bits per heavy atom. The van der Waals surface area contributed by atoms with Gasteiger partial charge in [-0.05, 0) is 42.5 Å². The molecule has 2 aliphatic rings. The van der Waals surface area contributed by atoms with Crippen LogP contribution in [0.4, 0.5) is 16.2 Å². The Hall–Kier alpha value is -3.20. The van der Waals surface area contributed by atoms with E-state index in [4.69, 9.17) is 4.74 Å². The minimum absolute atomic E-state index is 0.0534. The number of hydrogen-bond acceptors (Lipinski definition) is 5. The first-order chi connectivity index (χ1) is 16.8. The minimum Gasteiger partial charge on any atom is -0.497 e. The van der Waals surface area contributed by atoms with E-state index in [2.05, 4.69) is 24.5 Å². The second kappa shape index (κ2) is 10.6. The fourth-order valence-corrected chi connectivity index (χ4v) is 5.59. The van der Waals surface area contributed by atoms with E-state index >= 15 is 0 Å². The first-order valence-electron chi connectivity index (χ1n) is 11.8. The van der Waals surface area contributed by atoms with Gasteiger partial charge in [0.05, 0.1) is 12.8 Å². The third-order valence-corrected chi connectivity index (χ3v) is 7.46. The van der Waals surface area contributed by atoms with E-state index < -0.39 is 12.1 Å². The molecule has 1 saturated heterocycles. The Morgan fingerprint density at radius 2 is 1.97 bits per heavy atom. The van der Waals surface area contributed by atoms with Gasteiger partial charge in [0.15, 0.2) is 0 Å². The molecule has 186 valence electrons. The van der Waals surface area contributed by atoms with Crippen LogP contribution in [0.2, 0.25) is 0 Å². The van der Waals surface area contributed by atoms with Crippen LogP contribution in [0.5, 0.6) is 5.75 Å². The summed E-state index contributed by atoms with van der Waals surface area (Å²) in [4.78, 5) is 43.9. The van der Waals surface area contributed by atoms with E-state index in [1.165, 1.54) is 16.7 Å². The number of rotatable bonds is 5. The van der Waals surface area contributed by atoms with Crippen LogP contribution in [0.3, 0.4) is 0 Å². The Labute approximate surface area is 210 Å². The van der Waals surface area contributed by atoms with Crippen LogP contribution >= 0.6 is 11.8 Å². The largest absolute Gasteiger partial charge is 0.497 e. The van der Waals surface area contributed by atoms with Crippen LogP contribution in [0.1, 0.15) is 26.7 Å². The van der Waals surface area contributed by atoms with Gasteiger partial charge in [-0.3, -0.25) is 9.59 Å². The molecule has 35 heavy (non-hydrogen) atoms. The Kier molecular flexibility index (Phi) is 7.54. The number of amides is 4. The highest BCUT2D eigenvalue weighted by atomic mass is 32.2. The molecule has 1 unspecified atom stereocenters. The average Bonchev–Trinajstić information content (AvgIpc) is 2.96. The molecule has 0 aliphatic carbocycles. The zero-order valence-electron chi connectivity index (χ0n) is 20.4. The molecule has 0 radical (unpaired) electrons. The van der Waals surface area contributed by atoms with E-state index in [0.717, 1.165) is 17.7 Å². The van der Waals surface area contributed by atoms with Crippen molar-refractivity contribution in [1.29, 1.82) is 0 Å². The number of methoxy groups -OCH3 is 1. The highest BCUT2D eigenvalue weighted by Gasteiger charge is 2.35. The zero-order valence-corrected chi connectivity index (χ0v) is 21.2. The normalized spacial score (nSPS) is 19.4. The van der Waals surface area contributed by atoms with Crippen LogP contribution in [-0.2, 0) is 9.59 Å². The maximum absolute atomic E-state index is 13.6. The van der Waals surface area contributed by atoms with Crippen LogP contribution in [0.15, 0.2) is 53.4 Å². The number of likely N-dealkylation sites (tertiary alicyclic amines) is 1.